The Labute approximate surface area is 123 Å². The molecular formula is C15H14N2O3S. The fourth-order valence-corrected chi connectivity index (χ4v) is 3.11. The summed E-state index contributed by atoms with van der Waals surface area (Å²) >= 11 is 0. The number of ether oxygens (including phenoxy) is 1. The van der Waals surface area contributed by atoms with Crippen molar-refractivity contribution in [3.63, 3.8) is 0 Å². The average Bonchev–Trinajstić information content (AvgIpc) is 2.47. The Morgan fingerprint density at radius 3 is 2.57 bits per heavy atom. The Bertz CT molecular complexity index is 808. The fraction of sp³-hybridized carbons (Fsp3) is 0.133. The third-order valence-corrected chi connectivity index (χ3v) is 4.32. The molecular weight excluding hydrogens is 288 g/mol. The predicted molar refractivity (Wildman–Crippen MR) is 79.7 cm³/mol. The lowest BCUT2D eigenvalue weighted by molar-refractivity contribution is 0.417. The van der Waals surface area contributed by atoms with Crippen LogP contribution in [-0.2, 0) is 10.0 Å². The first kappa shape index (κ1) is 14.9. The summed E-state index contributed by atoms with van der Waals surface area (Å²) in [5.74, 6) is 0.415. The second kappa shape index (κ2) is 5.85. The maximum Gasteiger partial charge on any atom is 0.263 e. The third kappa shape index (κ3) is 3.15. The monoisotopic (exact) mass is 302 g/mol. The van der Waals surface area contributed by atoms with Gasteiger partial charge >= 0.3 is 0 Å². The van der Waals surface area contributed by atoms with Gasteiger partial charge in [-0.1, -0.05) is 18.2 Å². The summed E-state index contributed by atoms with van der Waals surface area (Å²) in [5, 5.41) is 9.03. The molecule has 0 fully saturated rings. The minimum Gasteiger partial charge on any atom is -0.495 e. The highest BCUT2D eigenvalue weighted by molar-refractivity contribution is 7.92. The Morgan fingerprint density at radius 1 is 1.19 bits per heavy atom. The maximum absolute atomic E-state index is 12.4. The Hall–Kier alpha value is -2.52. The number of hydrogen-bond donors (Lipinski definition) is 1. The van der Waals surface area contributed by atoms with Crippen LogP contribution in [0.4, 0.5) is 5.69 Å². The molecule has 1 N–H and O–H groups in total. The highest BCUT2D eigenvalue weighted by Gasteiger charge is 2.20. The largest absolute Gasteiger partial charge is 0.495 e. The van der Waals surface area contributed by atoms with Crippen molar-refractivity contribution in [2.75, 3.05) is 11.8 Å². The van der Waals surface area contributed by atoms with Crippen molar-refractivity contribution in [2.45, 2.75) is 11.8 Å². The lowest BCUT2D eigenvalue weighted by Gasteiger charge is -2.13. The standard InChI is InChI=1S/C15H14N2O3S/c1-11-7-8-14(20-2)13(9-11)17-21(18,19)15-6-4-3-5-12(15)10-16/h3-9,17H,1-2H3. The Morgan fingerprint density at radius 2 is 1.90 bits per heavy atom. The molecule has 0 aromatic heterocycles. The minimum absolute atomic E-state index is 0.0592. The summed E-state index contributed by atoms with van der Waals surface area (Å²) in [7, 11) is -2.39. The SMILES string of the molecule is COc1ccc(C)cc1NS(=O)(=O)c1ccccc1C#N. The van der Waals surface area contributed by atoms with Gasteiger partial charge in [0.05, 0.1) is 18.4 Å². The van der Waals surface area contributed by atoms with Crippen LogP contribution in [-0.4, -0.2) is 15.5 Å². The van der Waals surface area contributed by atoms with E-state index in [0.29, 0.717) is 11.4 Å². The van der Waals surface area contributed by atoms with Gasteiger partial charge in [0.2, 0.25) is 0 Å². The molecule has 0 atom stereocenters. The van der Waals surface area contributed by atoms with Gasteiger partial charge < -0.3 is 4.74 Å². The zero-order chi connectivity index (χ0) is 15.5. The van der Waals surface area contributed by atoms with Crippen LogP contribution >= 0.6 is 0 Å². The molecule has 0 unspecified atom stereocenters. The molecule has 0 aliphatic rings. The van der Waals surface area contributed by atoms with E-state index in [9.17, 15) is 8.42 Å². The van der Waals surface area contributed by atoms with Crippen molar-refractivity contribution in [1.82, 2.24) is 0 Å². The molecule has 0 saturated heterocycles. The van der Waals surface area contributed by atoms with Crippen molar-refractivity contribution in [3.05, 3.63) is 53.6 Å². The summed E-state index contributed by atoms with van der Waals surface area (Å²) in [6, 6.07) is 13.1. The zero-order valence-electron chi connectivity index (χ0n) is 11.6. The average molecular weight is 302 g/mol. The highest BCUT2D eigenvalue weighted by atomic mass is 32.2. The Balaban J connectivity index is 2.48. The summed E-state index contributed by atoms with van der Waals surface area (Å²) < 4.78 is 32.5. The second-order valence-electron chi connectivity index (χ2n) is 4.42. The summed E-state index contributed by atoms with van der Waals surface area (Å²) in [6.07, 6.45) is 0. The molecule has 0 bridgehead atoms. The van der Waals surface area contributed by atoms with Gasteiger partial charge in [0.1, 0.15) is 16.7 Å². The molecule has 0 saturated carbocycles. The quantitative estimate of drug-likeness (QED) is 0.941. The molecule has 108 valence electrons. The fourth-order valence-electron chi connectivity index (χ4n) is 1.89. The van der Waals surface area contributed by atoms with Crippen molar-refractivity contribution in [1.29, 1.82) is 5.26 Å². The van der Waals surface area contributed by atoms with E-state index in [2.05, 4.69) is 4.72 Å². The first-order valence-corrected chi connectivity index (χ1v) is 7.63. The molecule has 2 aromatic rings. The van der Waals surface area contributed by atoms with E-state index >= 15 is 0 Å². The molecule has 2 aromatic carbocycles. The van der Waals surface area contributed by atoms with Crippen molar-refractivity contribution in [3.8, 4) is 11.8 Å². The first-order valence-electron chi connectivity index (χ1n) is 6.14. The summed E-state index contributed by atoms with van der Waals surface area (Å²) in [6.45, 7) is 1.85. The third-order valence-electron chi connectivity index (χ3n) is 2.90. The van der Waals surface area contributed by atoms with Crippen LogP contribution in [0.3, 0.4) is 0 Å². The number of methoxy groups -OCH3 is 1. The number of nitrogens with one attached hydrogen (secondary N) is 1. The second-order valence-corrected chi connectivity index (χ2v) is 6.07. The van der Waals surface area contributed by atoms with Gasteiger partial charge in [0.15, 0.2) is 0 Å². The molecule has 6 heteroatoms. The van der Waals surface area contributed by atoms with Crippen LogP contribution in [0.15, 0.2) is 47.4 Å². The van der Waals surface area contributed by atoms with E-state index in [1.807, 2.05) is 19.1 Å². The summed E-state index contributed by atoms with van der Waals surface area (Å²) in [5.41, 5.74) is 1.32. The van der Waals surface area contributed by atoms with Gasteiger partial charge in [-0.15, -0.1) is 0 Å². The molecule has 2 rings (SSSR count). The molecule has 0 radical (unpaired) electrons. The van der Waals surface area contributed by atoms with Crippen molar-refractivity contribution >= 4 is 15.7 Å². The summed E-state index contributed by atoms with van der Waals surface area (Å²) in [4.78, 5) is -0.0592. The molecule has 0 heterocycles. The minimum atomic E-state index is -3.86. The smallest absolute Gasteiger partial charge is 0.263 e. The molecule has 0 aliphatic heterocycles. The van der Waals surface area contributed by atoms with E-state index in [-0.39, 0.29) is 10.5 Å². The predicted octanol–water partition coefficient (Wildman–Crippen LogP) is 2.68. The van der Waals surface area contributed by atoms with E-state index in [1.54, 1.807) is 24.3 Å². The van der Waals surface area contributed by atoms with Gasteiger partial charge in [-0.05, 0) is 36.8 Å². The van der Waals surface area contributed by atoms with E-state index < -0.39 is 10.0 Å². The van der Waals surface area contributed by atoms with Crippen LogP contribution in [0.2, 0.25) is 0 Å². The molecule has 21 heavy (non-hydrogen) atoms. The van der Waals surface area contributed by atoms with Crippen LogP contribution in [0.25, 0.3) is 0 Å². The van der Waals surface area contributed by atoms with E-state index in [4.69, 9.17) is 10.00 Å². The molecule has 0 aliphatic carbocycles. The van der Waals surface area contributed by atoms with E-state index in [1.165, 1.54) is 19.2 Å². The first-order chi connectivity index (χ1) is 9.97. The van der Waals surface area contributed by atoms with Gasteiger partial charge in [0.25, 0.3) is 10.0 Å². The molecule has 5 nitrogen and oxygen atoms in total. The van der Waals surface area contributed by atoms with Gasteiger partial charge in [-0.25, -0.2) is 8.42 Å². The topological polar surface area (TPSA) is 79.2 Å². The number of anilines is 1. The Kier molecular flexibility index (Phi) is 4.15. The number of benzene rings is 2. The van der Waals surface area contributed by atoms with Crippen LogP contribution in [0, 0.1) is 18.3 Å². The van der Waals surface area contributed by atoms with Crippen LogP contribution in [0.1, 0.15) is 11.1 Å². The number of sulfonamides is 1. The van der Waals surface area contributed by atoms with Gasteiger partial charge in [0, 0.05) is 0 Å². The highest BCUT2D eigenvalue weighted by Crippen LogP contribution is 2.28. The number of rotatable bonds is 4. The number of nitriles is 1. The maximum atomic E-state index is 12.4. The number of aryl methyl sites for hydroxylation is 1. The van der Waals surface area contributed by atoms with Crippen molar-refractivity contribution in [2.24, 2.45) is 0 Å². The van der Waals surface area contributed by atoms with Crippen molar-refractivity contribution < 1.29 is 13.2 Å². The van der Waals surface area contributed by atoms with Gasteiger partial charge in [-0.2, -0.15) is 5.26 Å². The normalized spacial score (nSPS) is 10.7. The lowest BCUT2D eigenvalue weighted by atomic mass is 10.2. The number of nitrogens with zero attached hydrogens (tertiary/aromatic N) is 1. The van der Waals surface area contributed by atoms with E-state index in [0.717, 1.165) is 5.56 Å². The zero-order valence-corrected chi connectivity index (χ0v) is 12.4. The lowest BCUT2D eigenvalue weighted by Crippen LogP contribution is -2.15. The number of hydrogen-bond acceptors (Lipinski definition) is 4. The molecule has 0 amide bonds. The van der Waals surface area contributed by atoms with Crippen LogP contribution < -0.4 is 9.46 Å². The van der Waals surface area contributed by atoms with Gasteiger partial charge in [-0.3, -0.25) is 4.72 Å². The van der Waals surface area contributed by atoms with Crippen LogP contribution in [0.5, 0.6) is 5.75 Å². The molecule has 0 spiro atoms.